The minimum atomic E-state index is -3.79. The molecular weight excluding hydrogens is 364 g/mol. The van der Waals surface area contributed by atoms with Crippen molar-refractivity contribution < 1.29 is 8.42 Å². The van der Waals surface area contributed by atoms with Crippen molar-refractivity contribution in [2.24, 2.45) is 5.14 Å². The molecule has 2 heterocycles. The monoisotopic (exact) mass is 380 g/mol. The highest BCUT2D eigenvalue weighted by atomic mass is 32.2. The highest BCUT2D eigenvalue weighted by Crippen LogP contribution is 2.26. The zero-order valence-corrected chi connectivity index (χ0v) is 14.9. The summed E-state index contributed by atoms with van der Waals surface area (Å²) in [4.78, 5) is 12.1. The Bertz CT molecular complexity index is 1200. The van der Waals surface area contributed by atoms with E-state index in [9.17, 15) is 8.42 Å². The van der Waals surface area contributed by atoms with E-state index >= 15 is 0 Å². The smallest absolute Gasteiger partial charge is 0.238 e. The maximum absolute atomic E-state index is 11.6. The predicted octanol–water partition coefficient (Wildman–Crippen LogP) is 3.09. The van der Waals surface area contributed by atoms with Crippen LogP contribution in [-0.4, -0.2) is 23.4 Å². The average molecular weight is 380 g/mol. The second-order valence-corrected chi connectivity index (χ2v) is 7.39. The van der Waals surface area contributed by atoms with Crippen LogP contribution in [0.25, 0.3) is 11.0 Å². The van der Waals surface area contributed by atoms with Crippen molar-refractivity contribution in [3.63, 3.8) is 0 Å². The van der Waals surface area contributed by atoms with Crippen LogP contribution in [-0.2, 0) is 10.0 Å². The van der Waals surface area contributed by atoms with Crippen LogP contribution in [0.4, 0.5) is 23.1 Å². The molecule has 2 aromatic carbocycles. The van der Waals surface area contributed by atoms with Crippen molar-refractivity contribution in [1.29, 1.82) is 0 Å². The Labute approximate surface area is 155 Å². The number of nitrogens with zero attached hydrogens (tertiary/aromatic N) is 2. The molecule has 2 aromatic heterocycles. The Hall–Kier alpha value is -3.43. The molecule has 0 aliphatic carbocycles. The molecule has 4 aromatic rings. The molecule has 0 saturated carbocycles. The van der Waals surface area contributed by atoms with Gasteiger partial charge < -0.3 is 15.6 Å². The standard InChI is InChI=1S/C18H16N6O2S/c19-27(25,26)14-8-4-7-13(11-14)21-17-15-9-10-20-16(15)23-18(24-17)22-12-5-2-1-3-6-12/h1-11H,(H2,19,25,26)(H3,20,21,22,23,24). The van der Waals surface area contributed by atoms with Crippen LogP contribution in [0.5, 0.6) is 0 Å². The molecule has 0 atom stereocenters. The number of para-hydroxylation sites is 1. The summed E-state index contributed by atoms with van der Waals surface area (Å²) in [6, 6.07) is 17.6. The summed E-state index contributed by atoms with van der Waals surface area (Å²) >= 11 is 0. The van der Waals surface area contributed by atoms with Gasteiger partial charge in [0, 0.05) is 17.6 Å². The molecule has 0 amide bonds. The van der Waals surface area contributed by atoms with E-state index in [1.54, 1.807) is 18.3 Å². The molecule has 0 fully saturated rings. The first-order valence-electron chi connectivity index (χ1n) is 8.06. The molecule has 9 heteroatoms. The predicted molar refractivity (Wildman–Crippen MR) is 105 cm³/mol. The zero-order chi connectivity index (χ0) is 18.9. The van der Waals surface area contributed by atoms with E-state index in [1.807, 2.05) is 36.4 Å². The van der Waals surface area contributed by atoms with Gasteiger partial charge in [0.1, 0.15) is 11.5 Å². The van der Waals surface area contributed by atoms with E-state index in [4.69, 9.17) is 5.14 Å². The molecule has 4 rings (SSSR count). The number of sulfonamides is 1. The lowest BCUT2D eigenvalue weighted by atomic mass is 10.3. The van der Waals surface area contributed by atoms with E-state index in [1.165, 1.54) is 12.1 Å². The van der Waals surface area contributed by atoms with Crippen LogP contribution in [0.2, 0.25) is 0 Å². The van der Waals surface area contributed by atoms with Gasteiger partial charge in [-0.25, -0.2) is 13.6 Å². The first kappa shape index (κ1) is 17.0. The summed E-state index contributed by atoms with van der Waals surface area (Å²) < 4.78 is 23.2. The van der Waals surface area contributed by atoms with Gasteiger partial charge in [0.05, 0.1) is 10.3 Å². The van der Waals surface area contributed by atoms with Crippen molar-refractivity contribution in [3.05, 3.63) is 66.9 Å². The van der Waals surface area contributed by atoms with Gasteiger partial charge in [0.15, 0.2) is 0 Å². The SMILES string of the molecule is NS(=O)(=O)c1cccc(Nc2nc(Nc3ccccc3)nc3[nH]ccc23)c1. The molecular formula is C18H16N6O2S. The van der Waals surface area contributed by atoms with Crippen LogP contribution in [0.15, 0.2) is 71.8 Å². The number of primary sulfonamides is 1. The summed E-state index contributed by atoms with van der Waals surface area (Å²) in [6.45, 7) is 0. The van der Waals surface area contributed by atoms with E-state index in [2.05, 4.69) is 25.6 Å². The Balaban J connectivity index is 1.72. The van der Waals surface area contributed by atoms with Gasteiger partial charge in [0.2, 0.25) is 16.0 Å². The number of hydrogen-bond acceptors (Lipinski definition) is 6. The fourth-order valence-corrected chi connectivity index (χ4v) is 3.19. The van der Waals surface area contributed by atoms with Crippen molar-refractivity contribution in [1.82, 2.24) is 15.0 Å². The molecule has 0 saturated heterocycles. The van der Waals surface area contributed by atoms with Gasteiger partial charge in [-0.2, -0.15) is 9.97 Å². The maximum atomic E-state index is 11.6. The number of hydrogen-bond donors (Lipinski definition) is 4. The number of fused-ring (bicyclic) bond motifs is 1. The fraction of sp³-hybridized carbons (Fsp3) is 0. The van der Waals surface area contributed by atoms with Gasteiger partial charge in [-0.15, -0.1) is 0 Å². The molecule has 5 N–H and O–H groups in total. The lowest BCUT2D eigenvalue weighted by Crippen LogP contribution is -2.12. The van der Waals surface area contributed by atoms with Gasteiger partial charge in [0.25, 0.3) is 0 Å². The average Bonchev–Trinajstić information content (AvgIpc) is 3.11. The van der Waals surface area contributed by atoms with Gasteiger partial charge in [-0.3, -0.25) is 0 Å². The van der Waals surface area contributed by atoms with E-state index in [-0.39, 0.29) is 4.90 Å². The number of benzene rings is 2. The second-order valence-electron chi connectivity index (χ2n) is 5.82. The number of H-pyrrole nitrogens is 1. The first-order valence-corrected chi connectivity index (χ1v) is 9.61. The molecule has 8 nitrogen and oxygen atoms in total. The largest absolute Gasteiger partial charge is 0.346 e. The second kappa shape index (κ2) is 6.71. The molecule has 27 heavy (non-hydrogen) atoms. The maximum Gasteiger partial charge on any atom is 0.238 e. The molecule has 0 aliphatic heterocycles. The minimum absolute atomic E-state index is 0.0227. The van der Waals surface area contributed by atoms with Crippen molar-refractivity contribution in [2.75, 3.05) is 10.6 Å². The van der Waals surface area contributed by atoms with E-state index in [0.717, 1.165) is 11.1 Å². The topological polar surface area (TPSA) is 126 Å². The lowest BCUT2D eigenvalue weighted by Gasteiger charge is -2.11. The molecule has 0 bridgehead atoms. The summed E-state index contributed by atoms with van der Waals surface area (Å²) in [7, 11) is -3.79. The van der Waals surface area contributed by atoms with Crippen molar-refractivity contribution in [3.8, 4) is 0 Å². The number of anilines is 4. The van der Waals surface area contributed by atoms with Gasteiger partial charge in [-0.05, 0) is 36.4 Å². The summed E-state index contributed by atoms with van der Waals surface area (Å²) in [5, 5.41) is 12.3. The Morgan fingerprint density at radius 1 is 0.889 bits per heavy atom. The van der Waals surface area contributed by atoms with Gasteiger partial charge in [-0.1, -0.05) is 24.3 Å². The quantitative estimate of drug-likeness (QED) is 0.421. The van der Waals surface area contributed by atoms with Crippen LogP contribution >= 0.6 is 0 Å². The Morgan fingerprint density at radius 2 is 1.67 bits per heavy atom. The van der Waals surface area contributed by atoms with Crippen molar-refractivity contribution in [2.45, 2.75) is 4.90 Å². The first-order chi connectivity index (χ1) is 13.0. The molecule has 0 unspecified atom stereocenters. The minimum Gasteiger partial charge on any atom is -0.346 e. The third kappa shape index (κ3) is 3.73. The fourth-order valence-electron chi connectivity index (χ4n) is 2.63. The number of rotatable bonds is 5. The number of aromatic amines is 1. The highest BCUT2D eigenvalue weighted by molar-refractivity contribution is 7.89. The Kier molecular flexibility index (Phi) is 4.22. The zero-order valence-electron chi connectivity index (χ0n) is 14.0. The summed E-state index contributed by atoms with van der Waals surface area (Å²) in [5.74, 6) is 0.938. The Morgan fingerprint density at radius 3 is 2.44 bits per heavy atom. The van der Waals surface area contributed by atoms with Crippen LogP contribution in [0.1, 0.15) is 0 Å². The number of nitrogens with one attached hydrogen (secondary N) is 3. The third-order valence-corrected chi connectivity index (χ3v) is 4.78. The molecule has 0 aliphatic rings. The summed E-state index contributed by atoms with van der Waals surface area (Å²) in [6.07, 6.45) is 1.76. The van der Waals surface area contributed by atoms with Crippen LogP contribution in [0, 0.1) is 0 Å². The lowest BCUT2D eigenvalue weighted by molar-refractivity contribution is 0.598. The molecule has 0 spiro atoms. The molecule has 136 valence electrons. The van der Waals surface area contributed by atoms with Crippen LogP contribution < -0.4 is 15.8 Å². The number of aromatic nitrogens is 3. The third-order valence-electron chi connectivity index (χ3n) is 3.87. The van der Waals surface area contributed by atoms with E-state index < -0.39 is 10.0 Å². The van der Waals surface area contributed by atoms with E-state index in [0.29, 0.717) is 23.1 Å². The molecule has 0 radical (unpaired) electrons. The van der Waals surface area contributed by atoms with Gasteiger partial charge >= 0.3 is 0 Å². The van der Waals surface area contributed by atoms with Crippen molar-refractivity contribution >= 4 is 44.2 Å². The summed E-state index contributed by atoms with van der Waals surface area (Å²) in [5.41, 5.74) is 2.05. The normalized spacial score (nSPS) is 11.4. The number of nitrogens with two attached hydrogens (primary N) is 1. The highest BCUT2D eigenvalue weighted by Gasteiger charge is 2.12. The van der Waals surface area contributed by atoms with Crippen LogP contribution in [0.3, 0.4) is 0 Å².